The first-order valence-electron chi connectivity index (χ1n) is 3.23. The number of hydrogen-bond acceptors (Lipinski definition) is 2. The first kappa shape index (κ1) is 6.43. The smallest absolute Gasteiger partial charge is 0.00469 e. The van der Waals surface area contributed by atoms with Crippen molar-refractivity contribution in [2.45, 2.75) is 25.3 Å². The minimum Gasteiger partial charge on any atom is -0.328 e. The lowest BCUT2D eigenvalue weighted by atomic mass is 10.1. The van der Waals surface area contributed by atoms with Gasteiger partial charge in [0, 0.05) is 6.04 Å². The van der Waals surface area contributed by atoms with E-state index in [0.717, 1.165) is 0 Å². The van der Waals surface area contributed by atoms with Gasteiger partial charge >= 0.3 is 0 Å². The van der Waals surface area contributed by atoms with Crippen LogP contribution in [-0.4, -0.2) is 17.5 Å². The summed E-state index contributed by atoms with van der Waals surface area (Å²) in [6.45, 7) is 0. The first-order chi connectivity index (χ1) is 3.89. The highest BCUT2D eigenvalue weighted by atomic mass is 32.2. The predicted octanol–water partition coefficient (Wildman–Crippen LogP) is 1.23. The maximum absolute atomic E-state index is 5.72. The Kier molecular flexibility index (Phi) is 2.70. The molecule has 2 N–H and O–H groups in total. The van der Waals surface area contributed by atoms with E-state index in [1.54, 1.807) is 0 Å². The zero-order valence-electron chi connectivity index (χ0n) is 5.10. The summed E-state index contributed by atoms with van der Waals surface area (Å²) in [7, 11) is 0. The number of thioether (sulfide) groups is 1. The molecule has 0 radical (unpaired) electrons. The van der Waals surface area contributed by atoms with Gasteiger partial charge in [0.25, 0.3) is 0 Å². The Morgan fingerprint density at radius 3 is 3.00 bits per heavy atom. The molecule has 0 bridgehead atoms. The third-order valence-electron chi connectivity index (χ3n) is 1.50. The molecule has 1 heterocycles. The van der Waals surface area contributed by atoms with Gasteiger partial charge in [-0.15, -0.1) is 0 Å². The molecule has 0 spiro atoms. The third kappa shape index (κ3) is 2.05. The summed E-state index contributed by atoms with van der Waals surface area (Å²) in [4.78, 5) is 0. The van der Waals surface area contributed by atoms with E-state index in [-0.39, 0.29) is 0 Å². The molecule has 1 aliphatic rings. The van der Waals surface area contributed by atoms with Gasteiger partial charge in [-0.1, -0.05) is 0 Å². The summed E-state index contributed by atoms with van der Waals surface area (Å²) >= 11 is 2.04. The lowest BCUT2D eigenvalue weighted by Crippen LogP contribution is -2.18. The van der Waals surface area contributed by atoms with Crippen LogP contribution in [0.3, 0.4) is 0 Å². The molecular weight excluding hydrogens is 118 g/mol. The fraction of sp³-hybridized carbons (Fsp3) is 1.00. The van der Waals surface area contributed by atoms with Crippen molar-refractivity contribution >= 4 is 11.8 Å². The topological polar surface area (TPSA) is 26.0 Å². The van der Waals surface area contributed by atoms with Crippen LogP contribution in [0.1, 0.15) is 19.3 Å². The van der Waals surface area contributed by atoms with Crippen LogP contribution in [-0.2, 0) is 0 Å². The van der Waals surface area contributed by atoms with Crippen molar-refractivity contribution in [3.05, 3.63) is 0 Å². The van der Waals surface area contributed by atoms with Crippen molar-refractivity contribution in [3.8, 4) is 0 Å². The Balaban J connectivity index is 2.17. The SMILES string of the molecule is NC1CCCSCC1. The molecule has 1 rings (SSSR count). The lowest BCUT2D eigenvalue weighted by Gasteiger charge is -2.02. The molecule has 0 saturated carbocycles. The zero-order valence-corrected chi connectivity index (χ0v) is 5.91. The summed E-state index contributed by atoms with van der Waals surface area (Å²) in [6, 6.07) is 0.505. The summed E-state index contributed by atoms with van der Waals surface area (Å²) in [5, 5.41) is 0. The van der Waals surface area contributed by atoms with E-state index in [1.165, 1.54) is 30.8 Å². The summed E-state index contributed by atoms with van der Waals surface area (Å²) in [5.74, 6) is 2.61. The average Bonchev–Trinajstić information content (AvgIpc) is 1.94. The van der Waals surface area contributed by atoms with Gasteiger partial charge in [-0.25, -0.2) is 0 Å². The molecule has 1 nitrogen and oxygen atoms in total. The fourth-order valence-corrected chi connectivity index (χ4v) is 1.97. The number of nitrogens with two attached hydrogens (primary N) is 1. The highest BCUT2D eigenvalue weighted by molar-refractivity contribution is 7.99. The van der Waals surface area contributed by atoms with E-state index < -0.39 is 0 Å². The average molecular weight is 131 g/mol. The van der Waals surface area contributed by atoms with E-state index in [0.29, 0.717) is 6.04 Å². The molecular formula is C6H13NS. The minimum atomic E-state index is 0.505. The second kappa shape index (κ2) is 3.36. The van der Waals surface area contributed by atoms with Crippen molar-refractivity contribution in [2.24, 2.45) is 5.73 Å². The van der Waals surface area contributed by atoms with Gasteiger partial charge in [0.05, 0.1) is 0 Å². The maximum Gasteiger partial charge on any atom is 0.00469 e. The molecule has 1 unspecified atom stereocenters. The molecule has 0 aliphatic carbocycles. The molecule has 2 heteroatoms. The van der Waals surface area contributed by atoms with Crippen LogP contribution in [0.5, 0.6) is 0 Å². The Labute approximate surface area is 55.0 Å². The van der Waals surface area contributed by atoms with Gasteiger partial charge < -0.3 is 5.73 Å². The standard InChI is InChI=1S/C6H13NS/c7-6-2-1-4-8-5-3-6/h6H,1-5,7H2. The van der Waals surface area contributed by atoms with E-state index in [2.05, 4.69) is 0 Å². The molecule has 1 aliphatic heterocycles. The van der Waals surface area contributed by atoms with E-state index >= 15 is 0 Å². The quantitative estimate of drug-likeness (QED) is 0.535. The molecule has 0 aromatic carbocycles. The first-order valence-corrected chi connectivity index (χ1v) is 4.38. The van der Waals surface area contributed by atoms with Gasteiger partial charge in [0.15, 0.2) is 0 Å². The van der Waals surface area contributed by atoms with Gasteiger partial charge in [0.2, 0.25) is 0 Å². The highest BCUT2D eigenvalue weighted by Crippen LogP contribution is 2.14. The third-order valence-corrected chi connectivity index (χ3v) is 2.60. The fourth-order valence-electron chi connectivity index (χ4n) is 0.929. The van der Waals surface area contributed by atoms with Crippen LogP contribution in [0.4, 0.5) is 0 Å². The second-order valence-electron chi connectivity index (χ2n) is 2.30. The summed E-state index contributed by atoms with van der Waals surface area (Å²) in [5.41, 5.74) is 5.72. The van der Waals surface area contributed by atoms with E-state index in [9.17, 15) is 0 Å². The normalized spacial score (nSPS) is 31.9. The molecule has 0 amide bonds. The van der Waals surface area contributed by atoms with Crippen molar-refractivity contribution in [1.29, 1.82) is 0 Å². The maximum atomic E-state index is 5.72. The Bertz CT molecular complexity index is 57.5. The molecule has 1 saturated heterocycles. The van der Waals surface area contributed by atoms with Crippen LogP contribution >= 0.6 is 11.8 Å². The second-order valence-corrected chi connectivity index (χ2v) is 3.53. The van der Waals surface area contributed by atoms with Gasteiger partial charge in [-0.3, -0.25) is 0 Å². The lowest BCUT2D eigenvalue weighted by molar-refractivity contribution is 0.603. The van der Waals surface area contributed by atoms with Crippen LogP contribution in [0, 0.1) is 0 Å². The number of rotatable bonds is 0. The summed E-state index contributed by atoms with van der Waals surface area (Å²) < 4.78 is 0. The van der Waals surface area contributed by atoms with Crippen LogP contribution in [0.15, 0.2) is 0 Å². The number of hydrogen-bond donors (Lipinski definition) is 1. The van der Waals surface area contributed by atoms with Crippen molar-refractivity contribution in [1.82, 2.24) is 0 Å². The van der Waals surface area contributed by atoms with Crippen LogP contribution in [0.2, 0.25) is 0 Å². The van der Waals surface area contributed by atoms with Crippen LogP contribution < -0.4 is 5.73 Å². The molecule has 1 atom stereocenters. The van der Waals surface area contributed by atoms with Gasteiger partial charge in [-0.05, 0) is 30.8 Å². The minimum absolute atomic E-state index is 0.505. The Morgan fingerprint density at radius 2 is 2.12 bits per heavy atom. The largest absolute Gasteiger partial charge is 0.328 e. The highest BCUT2D eigenvalue weighted by Gasteiger charge is 2.05. The molecule has 0 aromatic rings. The molecule has 48 valence electrons. The van der Waals surface area contributed by atoms with Crippen LogP contribution in [0.25, 0.3) is 0 Å². The van der Waals surface area contributed by atoms with Gasteiger partial charge in [-0.2, -0.15) is 11.8 Å². The molecule has 8 heavy (non-hydrogen) atoms. The van der Waals surface area contributed by atoms with E-state index in [1.807, 2.05) is 11.8 Å². The summed E-state index contributed by atoms with van der Waals surface area (Å²) in [6.07, 6.45) is 3.80. The monoisotopic (exact) mass is 131 g/mol. The predicted molar refractivity (Wildman–Crippen MR) is 39.2 cm³/mol. The molecule has 1 fully saturated rings. The van der Waals surface area contributed by atoms with Crippen molar-refractivity contribution in [2.75, 3.05) is 11.5 Å². The Morgan fingerprint density at radius 1 is 1.25 bits per heavy atom. The van der Waals surface area contributed by atoms with E-state index in [4.69, 9.17) is 5.73 Å². The van der Waals surface area contributed by atoms with Crippen molar-refractivity contribution in [3.63, 3.8) is 0 Å². The van der Waals surface area contributed by atoms with Gasteiger partial charge in [0.1, 0.15) is 0 Å². The van der Waals surface area contributed by atoms with Crippen molar-refractivity contribution < 1.29 is 0 Å². The molecule has 0 aromatic heterocycles. The zero-order chi connectivity index (χ0) is 5.82. The Hall–Kier alpha value is 0.310.